The van der Waals surface area contributed by atoms with Crippen LogP contribution in [0.1, 0.15) is 32.1 Å². The molecule has 0 spiro atoms. The van der Waals surface area contributed by atoms with Crippen LogP contribution in [0.2, 0.25) is 0 Å². The first-order chi connectivity index (χ1) is 12.6. The second-order valence-corrected chi connectivity index (χ2v) is 6.90. The largest absolute Gasteiger partial charge is 0.360 e. The van der Waals surface area contributed by atoms with Crippen molar-refractivity contribution in [2.45, 2.75) is 38.4 Å². The molecule has 136 valence electrons. The molecule has 2 aromatic heterocycles. The Kier molecular flexibility index (Phi) is 5.72. The molecule has 0 radical (unpaired) electrons. The van der Waals surface area contributed by atoms with E-state index in [1.54, 1.807) is 13.0 Å². The fourth-order valence-electron chi connectivity index (χ4n) is 2.47. The van der Waals surface area contributed by atoms with Crippen LogP contribution >= 0.6 is 11.8 Å². The predicted octanol–water partition coefficient (Wildman–Crippen LogP) is 3.94. The molecule has 2 heterocycles. The number of nitrogens with one attached hydrogen (secondary N) is 1. The summed E-state index contributed by atoms with van der Waals surface area (Å²) in [5.74, 6) is 1.94. The van der Waals surface area contributed by atoms with Crippen LogP contribution in [0.3, 0.4) is 0 Å². The van der Waals surface area contributed by atoms with Crippen molar-refractivity contribution < 1.29 is 9.32 Å². The lowest BCUT2D eigenvalue weighted by molar-refractivity contribution is -0.113. The number of amides is 1. The van der Waals surface area contributed by atoms with E-state index < -0.39 is 0 Å². The first kappa shape index (κ1) is 18.2. The van der Waals surface area contributed by atoms with E-state index in [4.69, 9.17) is 4.52 Å². The Morgan fingerprint density at radius 3 is 2.73 bits per heavy atom. The van der Waals surface area contributed by atoms with E-state index in [1.165, 1.54) is 11.8 Å². The third kappa shape index (κ3) is 4.13. The van der Waals surface area contributed by atoms with Crippen LogP contribution in [0.4, 0.5) is 5.82 Å². The molecule has 0 saturated heterocycles. The summed E-state index contributed by atoms with van der Waals surface area (Å²) in [6, 6.07) is 11.9. The van der Waals surface area contributed by atoms with Gasteiger partial charge in [-0.25, -0.2) is 0 Å². The molecule has 1 atom stereocenters. The van der Waals surface area contributed by atoms with E-state index in [0.29, 0.717) is 11.6 Å². The maximum absolute atomic E-state index is 12.2. The summed E-state index contributed by atoms with van der Waals surface area (Å²) in [6.07, 6.45) is 0.940. The molecule has 3 rings (SSSR count). The van der Waals surface area contributed by atoms with Crippen molar-refractivity contribution in [2.75, 3.05) is 11.1 Å². The van der Waals surface area contributed by atoms with Crippen molar-refractivity contribution in [1.82, 2.24) is 19.9 Å². The van der Waals surface area contributed by atoms with Crippen LogP contribution in [-0.2, 0) is 4.79 Å². The van der Waals surface area contributed by atoms with Crippen molar-refractivity contribution in [2.24, 2.45) is 0 Å². The third-order valence-electron chi connectivity index (χ3n) is 3.96. The predicted molar refractivity (Wildman–Crippen MR) is 101 cm³/mol. The Morgan fingerprint density at radius 1 is 1.31 bits per heavy atom. The van der Waals surface area contributed by atoms with Gasteiger partial charge >= 0.3 is 0 Å². The van der Waals surface area contributed by atoms with Crippen LogP contribution < -0.4 is 5.32 Å². The lowest BCUT2D eigenvalue weighted by Gasteiger charge is -2.16. The smallest absolute Gasteiger partial charge is 0.236 e. The molecule has 0 aliphatic carbocycles. The molecule has 1 N–H and O–H groups in total. The van der Waals surface area contributed by atoms with Gasteiger partial charge in [-0.1, -0.05) is 54.2 Å². The van der Waals surface area contributed by atoms with Crippen molar-refractivity contribution in [3.63, 3.8) is 0 Å². The maximum Gasteiger partial charge on any atom is 0.236 e. The Bertz CT molecular complexity index is 875. The lowest BCUT2D eigenvalue weighted by atomic mass is 10.2. The fraction of sp³-hybridized carbons (Fsp3) is 0.333. The molecule has 0 bridgehead atoms. The van der Waals surface area contributed by atoms with Crippen molar-refractivity contribution in [1.29, 1.82) is 0 Å². The molecular weight excluding hydrogens is 350 g/mol. The average Bonchev–Trinajstić information content (AvgIpc) is 3.26. The highest BCUT2D eigenvalue weighted by Crippen LogP contribution is 2.29. The molecule has 0 saturated carbocycles. The molecule has 1 amide bonds. The van der Waals surface area contributed by atoms with E-state index in [1.807, 2.05) is 30.3 Å². The SMILES string of the molecule is CCC(C)n1c(SCC(=O)Nc2cc(C)on2)nnc1-c1ccccc1. The zero-order chi connectivity index (χ0) is 18.5. The summed E-state index contributed by atoms with van der Waals surface area (Å²) >= 11 is 1.36. The third-order valence-corrected chi connectivity index (χ3v) is 4.90. The van der Waals surface area contributed by atoms with Gasteiger partial charge in [0.1, 0.15) is 5.76 Å². The van der Waals surface area contributed by atoms with Crippen LogP contribution in [0, 0.1) is 6.92 Å². The Hall–Kier alpha value is -2.61. The molecule has 1 unspecified atom stereocenters. The summed E-state index contributed by atoms with van der Waals surface area (Å²) in [6.45, 7) is 6.02. The van der Waals surface area contributed by atoms with Gasteiger partial charge in [0, 0.05) is 17.7 Å². The molecule has 3 aromatic rings. The summed E-state index contributed by atoms with van der Waals surface area (Å²) in [4.78, 5) is 12.2. The average molecular weight is 371 g/mol. The number of aromatic nitrogens is 4. The van der Waals surface area contributed by atoms with Gasteiger partial charge in [0.05, 0.1) is 5.75 Å². The Labute approximate surface area is 156 Å². The maximum atomic E-state index is 12.2. The fourth-order valence-corrected chi connectivity index (χ4v) is 3.31. The molecular formula is C18H21N5O2S. The van der Waals surface area contributed by atoms with E-state index in [9.17, 15) is 4.79 Å². The minimum atomic E-state index is -0.164. The highest BCUT2D eigenvalue weighted by Gasteiger charge is 2.19. The number of thioether (sulfide) groups is 1. The Morgan fingerprint density at radius 2 is 2.08 bits per heavy atom. The van der Waals surface area contributed by atoms with Crippen LogP contribution in [0.5, 0.6) is 0 Å². The van der Waals surface area contributed by atoms with Gasteiger partial charge in [0.15, 0.2) is 16.8 Å². The number of hydrogen-bond acceptors (Lipinski definition) is 6. The second kappa shape index (κ2) is 8.18. The number of aryl methyl sites for hydroxylation is 1. The molecule has 0 fully saturated rings. The topological polar surface area (TPSA) is 85.8 Å². The van der Waals surface area contributed by atoms with Crippen molar-refractivity contribution in [3.05, 3.63) is 42.2 Å². The first-order valence-electron chi connectivity index (χ1n) is 8.44. The number of nitrogens with zero attached hydrogens (tertiary/aromatic N) is 4. The van der Waals surface area contributed by atoms with Gasteiger partial charge < -0.3 is 9.84 Å². The van der Waals surface area contributed by atoms with E-state index >= 15 is 0 Å². The molecule has 7 nitrogen and oxygen atoms in total. The number of carbonyl (C=O) groups is 1. The number of benzene rings is 1. The lowest BCUT2D eigenvalue weighted by Crippen LogP contribution is -2.15. The minimum absolute atomic E-state index is 0.164. The molecule has 0 aliphatic rings. The second-order valence-electron chi connectivity index (χ2n) is 5.96. The number of carbonyl (C=O) groups excluding carboxylic acids is 1. The highest BCUT2D eigenvalue weighted by molar-refractivity contribution is 7.99. The van der Waals surface area contributed by atoms with Gasteiger partial charge in [0.25, 0.3) is 0 Å². The Balaban J connectivity index is 1.75. The first-order valence-corrected chi connectivity index (χ1v) is 9.43. The van der Waals surface area contributed by atoms with Crippen LogP contribution in [0.25, 0.3) is 11.4 Å². The van der Waals surface area contributed by atoms with Gasteiger partial charge in [0.2, 0.25) is 5.91 Å². The molecule has 8 heteroatoms. The molecule has 0 aliphatic heterocycles. The highest BCUT2D eigenvalue weighted by atomic mass is 32.2. The number of rotatable bonds is 7. The minimum Gasteiger partial charge on any atom is -0.360 e. The summed E-state index contributed by atoms with van der Waals surface area (Å²) in [5, 5.41) is 15.9. The van der Waals surface area contributed by atoms with Crippen LogP contribution in [0.15, 0.2) is 46.1 Å². The standard InChI is InChI=1S/C18H21N5O2S/c1-4-12(2)23-17(14-8-6-5-7-9-14)20-21-18(23)26-11-16(24)19-15-10-13(3)25-22-15/h5-10,12H,4,11H2,1-3H3,(H,19,22,24). The van der Waals surface area contributed by atoms with E-state index in [-0.39, 0.29) is 17.7 Å². The zero-order valence-corrected chi connectivity index (χ0v) is 15.8. The van der Waals surface area contributed by atoms with Crippen LogP contribution in [-0.4, -0.2) is 31.6 Å². The number of hydrogen-bond donors (Lipinski definition) is 1. The van der Waals surface area contributed by atoms with Crippen molar-refractivity contribution in [3.8, 4) is 11.4 Å². The van der Waals surface area contributed by atoms with E-state index in [2.05, 4.69) is 39.1 Å². The molecule has 1 aromatic carbocycles. The van der Waals surface area contributed by atoms with Gasteiger partial charge in [-0.05, 0) is 20.3 Å². The normalized spacial score (nSPS) is 12.1. The summed E-state index contributed by atoms with van der Waals surface area (Å²) in [5.41, 5.74) is 1.01. The zero-order valence-electron chi connectivity index (χ0n) is 15.0. The quantitative estimate of drug-likeness (QED) is 0.633. The summed E-state index contributed by atoms with van der Waals surface area (Å²) in [7, 11) is 0. The van der Waals surface area contributed by atoms with E-state index in [0.717, 1.165) is 23.0 Å². The monoisotopic (exact) mass is 371 g/mol. The summed E-state index contributed by atoms with van der Waals surface area (Å²) < 4.78 is 7.04. The van der Waals surface area contributed by atoms with Gasteiger partial charge in [-0.3, -0.25) is 9.36 Å². The van der Waals surface area contributed by atoms with Gasteiger partial charge in [-0.2, -0.15) is 0 Å². The van der Waals surface area contributed by atoms with Crippen molar-refractivity contribution >= 4 is 23.5 Å². The molecule has 26 heavy (non-hydrogen) atoms. The number of anilines is 1. The van der Waals surface area contributed by atoms with Gasteiger partial charge in [-0.15, -0.1) is 10.2 Å².